The Hall–Kier alpha value is -4.92. The fraction of sp³-hybridized carbons (Fsp3) is 0.138. The van der Waals surface area contributed by atoms with Crippen LogP contribution in [-0.2, 0) is 19.1 Å². The van der Waals surface area contributed by atoms with Gasteiger partial charge in [-0.1, -0.05) is 12.1 Å². The Balaban J connectivity index is 1.49. The Kier molecular flexibility index (Phi) is 7.86. The molecular weight excluding hydrogens is 491 g/mol. The largest absolute Gasteiger partial charge is 0.497 e. The second kappa shape index (κ2) is 11.4. The van der Waals surface area contributed by atoms with Crippen LogP contribution in [0.2, 0.25) is 0 Å². The van der Waals surface area contributed by atoms with Gasteiger partial charge in [0.2, 0.25) is 5.78 Å². The Labute approximate surface area is 218 Å². The number of hydrogen-bond donors (Lipinski definition) is 1. The number of benzene rings is 3. The molecule has 0 saturated heterocycles. The lowest BCUT2D eigenvalue weighted by Gasteiger charge is -2.21. The topological polar surface area (TPSA) is 94.2 Å². The maximum Gasteiger partial charge on any atom is 0.343 e. The number of rotatable bonds is 8. The number of nitrogens with zero attached hydrogens (tertiary/aromatic N) is 1. The predicted molar refractivity (Wildman–Crippen MR) is 140 cm³/mol. The fourth-order valence-electron chi connectivity index (χ4n) is 3.92. The Bertz CT molecular complexity index is 1410. The molecule has 4 rings (SSSR count). The zero-order chi connectivity index (χ0) is 27.2. The lowest BCUT2D eigenvalue weighted by Crippen LogP contribution is -2.20. The first-order valence-corrected chi connectivity index (χ1v) is 11.6. The van der Waals surface area contributed by atoms with Gasteiger partial charge in [-0.15, -0.1) is 0 Å². The Morgan fingerprint density at radius 3 is 2.16 bits per heavy atom. The van der Waals surface area contributed by atoms with Crippen LogP contribution in [0.5, 0.6) is 11.5 Å². The minimum absolute atomic E-state index is 0.0918. The fourth-order valence-corrected chi connectivity index (χ4v) is 3.92. The molecule has 1 aliphatic rings. The van der Waals surface area contributed by atoms with E-state index in [4.69, 9.17) is 14.2 Å². The molecule has 3 aromatic carbocycles. The molecule has 0 saturated carbocycles. The van der Waals surface area contributed by atoms with E-state index in [0.717, 1.165) is 0 Å². The third kappa shape index (κ3) is 5.73. The number of ketones is 1. The zero-order valence-electron chi connectivity index (χ0n) is 21.0. The van der Waals surface area contributed by atoms with Crippen LogP contribution in [0, 0.1) is 5.82 Å². The van der Waals surface area contributed by atoms with E-state index >= 15 is 0 Å². The van der Waals surface area contributed by atoms with Gasteiger partial charge in [-0.2, -0.15) is 0 Å². The first-order valence-electron chi connectivity index (χ1n) is 11.6. The van der Waals surface area contributed by atoms with Crippen molar-refractivity contribution < 1.29 is 33.0 Å². The minimum atomic E-state index is -0.750. The highest BCUT2D eigenvalue weighted by molar-refractivity contribution is 6.30. The molecule has 1 aliphatic heterocycles. The normalized spacial score (nSPS) is 14.1. The first kappa shape index (κ1) is 26.2. The minimum Gasteiger partial charge on any atom is -0.497 e. The number of methoxy groups -OCH3 is 2. The highest BCUT2D eigenvalue weighted by Gasteiger charge is 2.38. The second-order valence-electron chi connectivity index (χ2n) is 8.26. The summed E-state index contributed by atoms with van der Waals surface area (Å²) in [5, 5.41) is 2.74. The van der Waals surface area contributed by atoms with Crippen molar-refractivity contribution in [3.63, 3.8) is 0 Å². The average molecular weight is 517 g/mol. The van der Waals surface area contributed by atoms with E-state index in [1.807, 2.05) is 0 Å². The number of carbonyl (C=O) groups excluding carboxylic acids is 3. The molecule has 0 atom stereocenters. The van der Waals surface area contributed by atoms with E-state index in [1.54, 1.807) is 73.5 Å². The van der Waals surface area contributed by atoms with Gasteiger partial charge >= 0.3 is 5.97 Å². The number of ether oxygens (including phenoxy) is 3. The molecule has 194 valence electrons. The lowest BCUT2D eigenvalue weighted by atomic mass is 10.1. The van der Waals surface area contributed by atoms with Gasteiger partial charge in [-0.25, -0.2) is 9.18 Å². The summed E-state index contributed by atoms with van der Waals surface area (Å²) in [6, 6.07) is 19.3. The van der Waals surface area contributed by atoms with Crippen LogP contribution >= 0.6 is 0 Å². The number of hydrogen-bond acceptors (Lipinski definition) is 7. The molecule has 0 aromatic heterocycles. The molecule has 0 bridgehead atoms. The molecule has 38 heavy (non-hydrogen) atoms. The molecule has 9 heteroatoms. The van der Waals surface area contributed by atoms with Crippen LogP contribution in [0.1, 0.15) is 12.5 Å². The summed E-state index contributed by atoms with van der Waals surface area (Å²) in [7, 11) is 2.77. The average Bonchev–Trinajstić information content (AvgIpc) is 3.17. The van der Waals surface area contributed by atoms with Gasteiger partial charge in [0.1, 0.15) is 22.9 Å². The summed E-state index contributed by atoms with van der Waals surface area (Å²) < 4.78 is 29.0. The van der Waals surface area contributed by atoms with E-state index in [1.165, 1.54) is 31.4 Å². The molecule has 3 aromatic rings. The molecule has 1 heterocycles. The highest BCUT2D eigenvalue weighted by Crippen LogP contribution is 2.35. The highest BCUT2D eigenvalue weighted by atomic mass is 19.1. The van der Waals surface area contributed by atoms with Crippen molar-refractivity contribution in [2.45, 2.75) is 6.92 Å². The van der Waals surface area contributed by atoms with Gasteiger partial charge in [-0.3, -0.25) is 9.59 Å². The van der Waals surface area contributed by atoms with Crippen LogP contribution in [0.4, 0.5) is 15.8 Å². The quantitative estimate of drug-likeness (QED) is 0.263. The third-order valence-corrected chi connectivity index (χ3v) is 5.80. The van der Waals surface area contributed by atoms with Crippen molar-refractivity contribution in [3.8, 4) is 11.5 Å². The number of Topliss-reactive ketones (excluding diaryl/α,β-unsaturated/α-hetero) is 1. The molecule has 0 aliphatic carbocycles. The number of esters is 1. The van der Waals surface area contributed by atoms with Crippen LogP contribution in [-0.4, -0.2) is 38.5 Å². The maximum atomic E-state index is 13.5. The van der Waals surface area contributed by atoms with Gasteiger partial charge < -0.3 is 24.4 Å². The van der Waals surface area contributed by atoms with Crippen LogP contribution in [0.15, 0.2) is 89.8 Å². The summed E-state index contributed by atoms with van der Waals surface area (Å²) in [6.07, 6.45) is 1.62. The van der Waals surface area contributed by atoms with Crippen molar-refractivity contribution in [1.82, 2.24) is 0 Å². The number of anilines is 2. The van der Waals surface area contributed by atoms with Gasteiger partial charge in [0.05, 0.1) is 19.9 Å². The lowest BCUT2D eigenvalue weighted by molar-refractivity contribution is -0.137. The number of carbonyl (C=O) groups is 3. The summed E-state index contributed by atoms with van der Waals surface area (Å²) in [5.41, 5.74) is 2.28. The Morgan fingerprint density at radius 2 is 1.55 bits per heavy atom. The molecule has 8 nitrogen and oxygen atoms in total. The van der Waals surface area contributed by atoms with Gasteiger partial charge in [0.15, 0.2) is 6.61 Å². The number of halogens is 1. The van der Waals surface area contributed by atoms with E-state index < -0.39 is 17.6 Å². The van der Waals surface area contributed by atoms with Gasteiger partial charge in [0.25, 0.3) is 5.91 Å². The monoisotopic (exact) mass is 516 g/mol. The van der Waals surface area contributed by atoms with Crippen molar-refractivity contribution in [2.75, 3.05) is 31.0 Å². The molecule has 0 spiro atoms. The van der Waals surface area contributed by atoms with Crippen molar-refractivity contribution >= 4 is 35.1 Å². The van der Waals surface area contributed by atoms with Crippen LogP contribution in [0.25, 0.3) is 6.08 Å². The first-order chi connectivity index (χ1) is 18.3. The molecule has 1 N–H and O–H groups in total. The van der Waals surface area contributed by atoms with Crippen LogP contribution in [0.3, 0.4) is 0 Å². The molecular formula is C29H25FN2O6. The van der Waals surface area contributed by atoms with E-state index in [-0.39, 0.29) is 23.8 Å². The summed E-state index contributed by atoms with van der Waals surface area (Å²) in [5.74, 6) is -0.872. The van der Waals surface area contributed by atoms with Crippen molar-refractivity contribution in [1.29, 1.82) is 0 Å². The van der Waals surface area contributed by atoms with Crippen molar-refractivity contribution in [2.24, 2.45) is 0 Å². The van der Waals surface area contributed by atoms with E-state index in [2.05, 4.69) is 5.32 Å². The number of allylic oxidation sites excluding steroid dienone is 2. The van der Waals surface area contributed by atoms with Gasteiger partial charge in [0, 0.05) is 17.1 Å². The molecule has 0 unspecified atom stereocenters. The second-order valence-corrected chi connectivity index (χ2v) is 8.26. The molecule has 1 amide bonds. The predicted octanol–water partition coefficient (Wildman–Crippen LogP) is 4.73. The van der Waals surface area contributed by atoms with Crippen LogP contribution < -0.4 is 19.7 Å². The van der Waals surface area contributed by atoms with Crippen molar-refractivity contribution in [3.05, 3.63) is 101 Å². The number of nitrogens with one attached hydrogen (secondary N) is 1. The summed E-state index contributed by atoms with van der Waals surface area (Å²) in [4.78, 5) is 39.3. The van der Waals surface area contributed by atoms with E-state index in [0.29, 0.717) is 34.1 Å². The smallest absolute Gasteiger partial charge is 0.343 e. The summed E-state index contributed by atoms with van der Waals surface area (Å²) in [6.45, 7) is 1.43. The number of amides is 1. The SMILES string of the molecule is COC(=O)C1=C(C)N(c2ccc(F)cc2)/C(=C\c2ccc(OCC(=O)Nc3ccc(OC)cc3)cc2)C1=O. The standard InChI is InChI=1S/C29H25FN2O6/c1-18-27(29(35)37-3)28(34)25(32(18)22-10-6-20(30)7-11-22)16-19-4-12-24(13-5-19)38-17-26(33)31-21-8-14-23(36-2)15-9-21/h4-16H,17H2,1-3H3,(H,31,33)/b25-16-. The van der Waals surface area contributed by atoms with Gasteiger partial charge in [-0.05, 0) is 79.2 Å². The maximum absolute atomic E-state index is 13.5. The Morgan fingerprint density at radius 1 is 0.921 bits per heavy atom. The third-order valence-electron chi connectivity index (χ3n) is 5.80. The molecule has 0 radical (unpaired) electrons. The molecule has 0 fully saturated rings. The summed E-state index contributed by atoms with van der Waals surface area (Å²) >= 11 is 0. The zero-order valence-corrected chi connectivity index (χ0v) is 21.0. The van der Waals surface area contributed by atoms with E-state index in [9.17, 15) is 18.8 Å².